The molecule has 24 heavy (non-hydrogen) atoms. The normalized spacial score (nSPS) is 15.0. The number of carbonyl (C=O) groups is 1. The maximum atomic E-state index is 12.5. The molecule has 0 bridgehead atoms. The van der Waals surface area contributed by atoms with Crippen molar-refractivity contribution in [2.45, 2.75) is 51.6 Å². The second kappa shape index (κ2) is 7.86. The van der Waals surface area contributed by atoms with Crippen LogP contribution >= 0.6 is 0 Å². The summed E-state index contributed by atoms with van der Waals surface area (Å²) in [7, 11) is 0. The van der Waals surface area contributed by atoms with Crippen molar-refractivity contribution in [3.8, 4) is 0 Å². The van der Waals surface area contributed by atoms with E-state index in [9.17, 15) is 4.79 Å². The van der Waals surface area contributed by atoms with Crippen LogP contribution in [0.15, 0.2) is 30.5 Å². The fourth-order valence-electron chi connectivity index (χ4n) is 2.96. The molecule has 0 aliphatic heterocycles. The summed E-state index contributed by atoms with van der Waals surface area (Å²) in [6, 6.07) is 7.74. The third kappa shape index (κ3) is 4.50. The van der Waals surface area contributed by atoms with Gasteiger partial charge in [0.2, 0.25) is 0 Å². The van der Waals surface area contributed by atoms with Crippen LogP contribution < -0.4 is 10.6 Å². The summed E-state index contributed by atoms with van der Waals surface area (Å²) in [5.74, 6) is 1.10. The number of anilines is 1. The third-order valence-electron chi connectivity index (χ3n) is 4.19. The summed E-state index contributed by atoms with van der Waals surface area (Å²) in [6.07, 6.45) is 7.50. The largest absolute Gasteiger partial charge is 0.364 e. The van der Waals surface area contributed by atoms with Crippen LogP contribution in [0.3, 0.4) is 0 Å². The molecule has 0 atom stereocenters. The van der Waals surface area contributed by atoms with Gasteiger partial charge in [-0.3, -0.25) is 9.78 Å². The summed E-state index contributed by atoms with van der Waals surface area (Å²) >= 11 is 0. The molecule has 6 heteroatoms. The highest BCUT2D eigenvalue weighted by Crippen LogP contribution is 2.18. The average molecular weight is 325 g/mol. The lowest BCUT2D eigenvalue weighted by molar-refractivity contribution is 0.0922. The van der Waals surface area contributed by atoms with Crippen LogP contribution in [0.25, 0.3) is 0 Å². The van der Waals surface area contributed by atoms with Crippen molar-refractivity contribution < 1.29 is 4.79 Å². The Hall–Kier alpha value is -2.50. The van der Waals surface area contributed by atoms with Gasteiger partial charge in [-0.05, 0) is 31.9 Å². The van der Waals surface area contributed by atoms with E-state index in [1.165, 1.54) is 19.3 Å². The minimum absolute atomic E-state index is 0.117. The van der Waals surface area contributed by atoms with E-state index in [0.717, 1.165) is 18.5 Å². The van der Waals surface area contributed by atoms with Gasteiger partial charge in [0.15, 0.2) is 0 Å². The Bertz CT molecular complexity index is 683. The van der Waals surface area contributed by atoms with E-state index in [1.54, 1.807) is 19.2 Å². The zero-order valence-corrected chi connectivity index (χ0v) is 14.0. The van der Waals surface area contributed by atoms with Gasteiger partial charge in [-0.15, -0.1) is 0 Å². The van der Waals surface area contributed by atoms with Crippen LogP contribution in [-0.2, 0) is 6.54 Å². The fraction of sp³-hybridized carbons (Fsp3) is 0.444. The van der Waals surface area contributed by atoms with Crippen molar-refractivity contribution in [2.24, 2.45) is 0 Å². The molecular formula is C18H23N5O. The van der Waals surface area contributed by atoms with Crippen LogP contribution in [0.1, 0.15) is 54.1 Å². The summed E-state index contributed by atoms with van der Waals surface area (Å²) in [6.45, 7) is 2.35. The highest BCUT2D eigenvalue weighted by molar-refractivity contribution is 5.93. The van der Waals surface area contributed by atoms with Crippen molar-refractivity contribution in [1.29, 1.82) is 0 Å². The summed E-state index contributed by atoms with van der Waals surface area (Å²) in [5.41, 5.74) is 1.33. The molecule has 0 aromatic carbocycles. The Morgan fingerprint density at radius 1 is 1.21 bits per heavy atom. The topological polar surface area (TPSA) is 79.8 Å². The second-order valence-corrected chi connectivity index (χ2v) is 6.17. The minimum Gasteiger partial charge on any atom is -0.364 e. The van der Waals surface area contributed by atoms with Crippen LogP contribution in [0.4, 0.5) is 5.82 Å². The van der Waals surface area contributed by atoms with E-state index in [2.05, 4.69) is 25.6 Å². The number of nitrogens with zero attached hydrogens (tertiary/aromatic N) is 3. The number of nitrogens with one attached hydrogen (secondary N) is 2. The molecule has 6 nitrogen and oxygen atoms in total. The first-order valence-corrected chi connectivity index (χ1v) is 8.51. The lowest BCUT2D eigenvalue weighted by Gasteiger charge is -2.22. The van der Waals surface area contributed by atoms with Crippen LogP contribution in [0.5, 0.6) is 0 Å². The predicted octanol–water partition coefficient (Wildman–Crippen LogP) is 2.85. The molecule has 0 spiro atoms. The zero-order chi connectivity index (χ0) is 16.8. The zero-order valence-electron chi connectivity index (χ0n) is 14.0. The Kier molecular flexibility index (Phi) is 5.36. The molecule has 0 radical (unpaired) electrons. The van der Waals surface area contributed by atoms with Crippen molar-refractivity contribution >= 4 is 11.7 Å². The molecule has 2 aromatic heterocycles. The van der Waals surface area contributed by atoms with Gasteiger partial charge in [0.05, 0.1) is 12.2 Å². The van der Waals surface area contributed by atoms with Gasteiger partial charge in [0.1, 0.15) is 17.3 Å². The van der Waals surface area contributed by atoms with Crippen molar-refractivity contribution in [1.82, 2.24) is 20.3 Å². The van der Waals surface area contributed by atoms with E-state index in [0.29, 0.717) is 23.9 Å². The van der Waals surface area contributed by atoms with Crippen LogP contribution in [-0.4, -0.2) is 26.9 Å². The molecule has 0 saturated heterocycles. The molecule has 3 rings (SSSR count). The number of amides is 1. The molecule has 2 heterocycles. The maximum Gasteiger partial charge on any atom is 0.270 e. The number of rotatable bonds is 5. The molecule has 1 aliphatic carbocycles. The molecule has 126 valence electrons. The van der Waals surface area contributed by atoms with Gasteiger partial charge in [-0.2, -0.15) is 0 Å². The number of hydrogen-bond donors (Lipinski definition) is 2. The Morgan fingerprint density at radius 2 is 2.04 bits per heavy atom. The third-order valence-corrected chi connectivity index (χ3v) is 4.19. The van der Waals surface area contributed by atoms with Gasteiger partial charge in [0, 0.05) is 18.3 Å². The fourth-order valence-corrected chi connectivity index (χ4v) is 2.96. The first kappa shape index (κ1) is 16.4. The standard InChI is InChI=1S/C18H23N5O/c1-13-21-16(18(24)23-14-7-3-2-4-8-14)11-17(22-13)20-12-15-9-5-6-10-19-15/h5-6,9-11,14H,2-4,7-8,12H2,1H3,(H,23,24)(H,20,21,22). The number of carbonyl (C=O) groups excluding carboxylic acids is 1. The van der Waals surface area contributed by atoms with Gasteiger partial charge in [0.25, 0.3) is 5.91 Å². The van der Waals surface area contributed by atoms with Crippen molar-refractivity contribution in [2.75, 3.05) is 5.32 Å². The van der Waals surface area contributed by atoms with Crippen molar-refractivity contribution in [3.63, 3.8) is 0 Å². The summed E-state index contributed by atoms with van der Waals surface area (Å²) < 4.78 is 0. The summed E-state index contributed by atoms with van der Waals surface area (Å²) in [5, 5.41) is 6.30. The average Bonchev–Trinajstić information content (AvgIpc) is 2.61. The van der Waals surface area contributed by atoms with E-state index in [4.69, 9.17) is 0 Å². The Balaban J connectivity index is 1.65. The molecule has 2 N–H and O–H groups in total. The predicted molar refractivity (Wildman–Crippen MR) is 92.7 cm³/mol. The van der Waals surface area contributed by atoms with E-state index in [1.807, 2.05) is 18.2 Å². The molecular weight excluding hydrogens is 302 g/mol. The first-order chi connectivity index (χ1) is 11.7. The van der Waals surface area contributed by atoms with E-state index >= 15 is 0 Å². The molecule has 1 aliphatic rings. The lowest BCUT2D eigenvalue weighted by atomic mass is 9.95. The molecule has 1 amide bonds. The Labute approximate surface area is 142 Å². The van der Waals surface area contributed by atoms with Gasteiger partial charge in [-0.25, -0.2) is 9.97 Å². The molecule has 0 unspecified atom stereocenters. The number of pyridine rings is 1. The number of aryl methyl sites for hydroxylation is 1. The van der Waals surface area contributed by atoms with Crippen LogP contribution in [0.2, 0.25) is 0 Å². The van der Waals surface area contributed by atoms with Gasteiger partial charge >= 0.3 is 0 Å². The number of hydrogen-bond acceptors (Lipinski definition) is 5. The Morgan fingerprint density at radius 3 is 2.79 bits per heavy atom. The SMILES string of the molecule is Cc1nc(NCc2ccccn2)cc(C(=O)NC2CCCCC2)n1. The van der Waals surface area contributed by atoms with E-state index in [-0.39, 0.29) is 11.9 Å². The highest BCUT2D eigenvalue weighted by atomic mass is 16.1. The molecule has 2 aromatic rings. The van der Waals surface area contributed by atoms with Crippen LogP contribution in [0, 0.1) is 6.92 Å². The van der Waals surface area contributed by atoms with Crippen molar-refractivity contribution in [3.05, 3.63) is 47.7 Å². The maximum absolute atomic E-state index is 12.5. The van der Waals surface area contributed by atoms with E-state index < -0.39 is 0 Å². The molecule has 1 saturated carbocycles. The quantitative estimate of drug-likeness (QED) is 0.883. The minimum atomic E-state index is -0.117. The summed E-state index contributed by atoms with van der Waals surface area (Å²) in [4.78, 5) is 25.3. The molecule has 1 fully saturated rings. The second-order valence-electron chi connectivity index (χ2n) is 6.17. The van der Waals surface area contributed by atoms with Gasteiger partial charge in [-0.1, -0.05) is 25.3 Å². The highest BCUT2D eigenvalue weighted by Gasteiger charge is 2.18. The lowest BCUT2D eigenvalue weighted by Crippen LogP contribution is -2.36. The van der Waals surface area contributed by atoms with Gasteiger partial charge < -0.3 is 10.6 Å². The monoisotopic (exact) mass is 325 g/mol. The smallest absolute Gasteiger partial charge is 0.270 e. The first-order valence-electron chi connectivity index (χ1n) is 8.51. The number of aromatic nitrogens is 3.